The summed E-state index contributed by atoms with van der Waals surface area (Å²) in [5, 5.41) is 5.06. The van der Waals surface area contributed by atoms with Gasteiger partial charge in [0.25, 0.3) is 0 Å². The molecule has 0 saturated carbocycles. The fourth-order valence-corrected chi connectivity index (χ4v) is 7.17. The van der Waals surface area contributed by atoms with E-state index in [1.807, 2.05) is 30.3 Å². The molecule has 0 spiro atoms. The highest BCUT2D eigenvalue weighted by Gasteiger charge is 2.20. The van der Waals surface area contributed by atoms with Gasteiger partial charge in [0.05, 0.1) is 22.4 Å². The van der Waals surface area contributed by atoms with E-state index in [1.54, 1.807) is 41.3 Å². The predicted octanol–water partition coefficient (Wildman–Crippen LogP) is 13.0. The molecule has 0 fully saturated rings. The van der Waals surface area contributed by atoms with Crippen LogP contribution in [0.2, 0.25) is 0 Å². The van der Waals surface area contributed by atoms with E-state index in [0.717, 1.165) is 22.4 Å². The Morgan fingerprint density at radius 1 is 0.460 bits per heavy atom. The summed E-state index contributed by atoms with van der Waals surface area (Å²) in [6, 6.07) is 55.3. The molecule has 9 aromatic rings. The molecule has 9 rings (SSSR count). The van der Waals surface area contributed by atoms with Crippen molar-refractivity contribution in [2.45, 2.75) is 0 Å². The summed E-state index contributed by atoms with van der Waals surface area (Å²) >= 11 is 0. The van der Waals surface area contributed by atoms with E-state index < -0.39 is 11.6 Å². The number of benzene rings is 8. The number of rotatable bonds is 7. The van der Waals surface area contributed by atoms with Gasteiger partial charge in [0, 0.05) is 22.1 Å². The van der Waals surface area contributed by atoms with Gasteiger partial charge in [-0.15, -0.1) is 0 Å². The Bertz CT molecular complexity index is 2610. The predicted molar refractivity (Wildman–Crippen MR) is 205 cm³/mol. The Balaban J connectivity index is 1.02. The van der Waals surface area contributed by atoms with Crippen molar-refractivity contribution in [3.05, 3.63) is 193 Å². The highest BCUT2D eigenvalue weighted by molar-refractivity contribution is 6.26. The maximum absolute atomic E-state index is 14.9. The fourth-order valence-electron chi connectivity index (χ4n) is 7.17. The van der Waals surface area contributed by atoms with Crippen LogP contribution in [0, 0.1) is 11.6 Å². The molecule has 1 aromatic heterocycles. The second-order valence-corrected chi connectivity index (χ2v) is 12.5. The van der Waals surface area contributed by atoms with Crippen LogP contribution in [0.1, 0.15) is 11.1 Å². The summed E-state index contributed by atoms with van der Waals surface area (Å²) < 4.78 is 32.2. The lowest BCUT2D eigenvalue weighted by atomic mass is 9.94. The molecule has 0 aliphatic rings. The van der Waals surface area contributed by atoms with E-state index in [2.05, 4.69) is 108 Å². The monoisotopic (exact) mass is 648 g/mol. The zero-order valence-corrected chi connectivity index (χ0v) is 27.0. The second kappa shape index (κ2) is 12.2. The van der Waals surface area contributed by atoms with Crippen molar-refractivity contribution in [1.82, 2.24) is 4.57 Å². The average Bonchev–Trinajstić information content (AvgIpc) is 3.51. The lowest BCUT2D eigenvalue weighted by Crippen LogP contribution is -2.13. The van der Waals surface area contributed by atoms with Crippen molar-refractivity contribution in [3.8, 4) is 16.8 Å². The van der Waals surface area contributed by atoms with Crippen LogP contribution in [0.5, 0.6) is 0 Å². The van der Waals surface area contributed by atoms with Crippen molar-refractivity contribution in [1.29, 1.82) is 0 Å². The number of hydrogen-bond acceptors (Lipinski definition) is 1. The Labute approximate surface area is 288 Å². The van der Waals surface area contributed by atoms with Crippen LogP contribution in [0.4, 0.5) is 25.8 Å². The van der Waals surface area contributed by atoms with Gasteiger partial charge < -0.3 is 9.47 Å². The van der Waals surface area contributed by atoms with Gasteiger partial charge in [0.15, 0.2) is 0 Å². The minimum absolute atomic E-state index is 0.284. The van der Waals surface area contributed by atoms with Gasteiger partial charge in [-0.25, -0.2) is 8.78 Å². The van der Waals surface area contributed by atoms with Crippen LogP contribution in [-0.2, 0) is 0 Å². The molecule has 2 nitrogen and oxygen atoms in total. The Kier molecular flexibility index (Phi) is 7.21. The molecule has 0 amide bonds. The second-order valence-electron chi connectivity index (χ2n) is 12.5. The third-order valence-corrected chi connectivity index (χ3v) is 9.50. The molecule has 0 aliphatic heterocycles. The molecular formula is C46H30F2N2. The summed E-state index contributed by atoms with van der Waals surface area (Å²) in [7, 11) is 0. The normalized spacial score (nSPS) is 11.7. The number of aromatic nitrogens is 1. The molecule has 0 bridgehead atoms. The van der Waals surface area contributed by atoms with Crippen molar-refractivity contribution in [3.63, 3.8) is 0 Å². The number of anilines is 3. The molecule has 0 saturated heterocycles. The maximum Gasteiger partial charge on any atom is 0.147 e. The van der Waals surface area contributed by atoms with Gasteiger partial charge in [-0.2, -0.15) is 0 Å². The first-order valence-electron chi connectivity index (χ1n) is 16.7. The lowest BCUT2D eigenvalue weighted by molar-refractivity contribution is 0.619. The first-order valence-corrected chi connectivity index (χ1v) is 16.7. The van der Waals surface area contributed by atoms with E-state index in [4.69, 9.17) is 0 Å². The van der Waals surface area contributed by atoms with Gasteiger partial charge >= 0.3 is 0 Å². The Morgan fingerprint density at radius 3 is 1.72 bits per heavy atom. The minimum atomic E-state index is -0.424. The largest absolute Gasteiger partial charge is 0.309 e. The van der Waals surface area contributed by atoms with Crippen LogP contribution < -0.4 is 4.90 Å². The summed E-state index contributed by atoms with van der Waals surface area (Å²) in [5.74, 6) is -0.848. The SMILES string of the molecule is Fc1ccccc1N(c1ccc(/C=C/c2ccc(-c3ccc4c5c3ccc3cccc(c35)n4-c3ccccc3)cc2)cc1)c1ccccc1F. The van der Waals surface area contributed by atoms with Crippen molar-refractivity contribution >= 4 is 61.8 Å². The molecule has 8 aromatic carbocycles. The van der Waals surface area contributed by atoms with E-state index in [9.17, 15) is 8.78 Å². The minimum Gasteiger partial charge on any atom is -0.309 e. The van der Waals surface area contributed by atoms with Crippen LogP contribution in [-0.4, -0.2) is 4.57 Å². The number of para-hydroxylation sites is 3. The van der Waals surface area contributed by atoms with E-state index in [-0.39, 0.29) is 11.4 Å². The van der Waals surface area contributed by atoms with Crippen LogP contribution in [0.25, 0.3) is 61.5 Å². The highest BCUT2D eigenvalue weighted by Crippen LogP contribution is 2.42. The molecule has 0 unspecified atom stereocenters. The molecule has 4 heteroatoms. The molecule has 0 radical (unpaired) electrons. The molecule has 0 N–H and O–H groups in total. The number of halogens is 2. The quantitative estimate of drug-likeness (QED) is 0.123. The average molecular weight is 649 g/mol. The Hall–Kier alpha value is -6.52. The lowest BCUT2D eigenvalue weighted by Gasteiger charge is -2.26. The molecule has 50 heavy (non-hydrogen) atoms. The molecular weight excluding hydrogens is 619 g/mol. The Morgan fingerprint density at radius 2 is 1.06 bits per heavy atom. The van der Waals surface area contributed by atoms with Crippen LogP contribution >= 0.6 is 0 Å². The highest BCUT2D eigenvalue weighted by atomic mass is 19.1. The maximum atomic E-state index is 14.9. The van der Waals surface area contributed by atoms with E-state index in [1.165, 1.54) is 50.3 Å². The van der Waals surface area contributed by atoms with Crippen molar-refractivity contribution < 1.29 is 8.78 Å². The standard InChI is InChI=1S/C46H30F2N2/c47-39-12-4-6-14-41(39)49(42-15-7-5-13-40(42)48)36-26-21-32(22-27-36)18-17-31-19-23-33(24-20-31)37-29-30-44-46-38(37)28-25-34-9-8-16-43(45(34)46)50(44)35-10-2-1-3-11-35/h1-30H/b18-17+. The first kappa shape index (κ1) is 29.6. The zero-order chi connectivity index (χ0) is 33.6. The number of nitrogens with zero attached hydrogens (tertiary/aromatic N) is 2. The third-order valence-electron chi connectivity index (χ3n) is 9.50. The molecule has 1 heterocycles. The molecule has 0 atom stereocenters. The molecule has 238 valence electrons. The van der Waals surface area contributed by atoms with Gasteiger partial charge in [0.1, 0.15) is 11.6 Å². The summed E-state index contributed by atoms with van der Waals surface area (Å²) in [6.07, 6.45) is 4.13. The molecule has 0 aliphatic carbocycles. The summed E-state index contributed by atoms with van der Waals surface area (Å²) in [6.45, 7) is 0. The first-order chi connectivity index (χ1) is 24.6. The summed E-state index contributed by atoms with van der Waals surface area (Å²) in [4.78, 5) is 1.61. The fraction of sp³-hybridized carbons (Fsp3) is 0. The topological polar surface area (TPSA) is 8.17 Å². The van der Waals surface area contributed by atoms with Gasteiger partial charge in [-0.3, -0.25) is 0 Å². The zero-order valence-electron chi connectivity index (χ0n) is 27.0. The van der Waals surface area contributed by atoms with Gasteiger partial charge in [0.2, 0.25) is 0 Å². The van der Waals surface area contributed by atoms with E-state index in [0.29, 0.717) is 5.69 Å². The smallest absolute Gasteiger partial charge is 0.147 e. The van der Waals surface area contributed by atoms with Gasteiger partial charge in [-0.05, 0) is 93.7 Å². The van der Waals surface area contributed by atoms with Crippen molar-refractivity contribution in [2.24, 2.45) is 0 Å². The summed E-state index contributed by atoms with van der Waals surface area (Å²) in [5.41, 5.74) is 9.23. The van der Waals surface area contributed by atoms with E-state index >= 15 is 0 Å². The van der Waals surface area contributed by atoms with Gasteiger partial charge in [-0.1, -0.05) is 121 Å². The third kappa shape index (κ3) is 5.01. The number of hydrogen-bond donors (Lipinski definition) is 0. The van der Waals surface area contributed by atoms with Crippen LogP contribution in [0.15, 0.2) is 170 Å². The van der Waals surface area contributed by atoms with Crippen LogP contribution in [0.3, 0.4) is 0 Å². The van der Waals surface area contributed by atoms with Crippen molar-refractivity contribution in [2.75, 3.05) is 4.90 Å².